The molecule has 1 atom stereocenters. The van der Waals surface area contributed by atoms with Crippen molar-refractivity contribution in [1.82, 2.24) is 15.3 Å². The lowest BCUT2D eigenvalue weighted by molar-refractivity contribution is 0.0277. The number of morpholine rings is 1. The van der Waals surface area contributed by atoms with E-state index in [1.165, 1.54) is 18.4 Å². The molecule has 0 amide bonds. The Morgan fingerprint density at radius 2 is 2.00 bits per heavy atom. The smallest absolute Gasteiger partial charge is 0.229 e. The van der Waals surface area contributed by atoms with Crippen LogP contribution in [0.15, 0.2) is 35.7 Å². The number of rotatable bonds is 5. The van der Waals surface area contributed by atoms with Crippen LogP contribution in [0.25, 0.3) is 10.2 Å². The molecule has 3 aromatic rings. The van der Waals surface area contributed by atoms with Gasteiger partial charge in [-0.3, -0.25) is 0 Å². The van der Waals surface area contributed by atoms with Crippen LogP contribution < -0.4 is 16.0 Å². The summed E-state index contributed by atoms with van der Waals surface area (Å²) in [6.45, 7) is 2.55. The summed E-state index contributed by atoms with van der Waals surface area (Å²) >= 11 is 1.68. The fourth-order valence-electron chi connectivity index (χ4n) is 3.13. The van der Waals surface area contributed by atoms with Crippen molar-refractivity contribution in [3.63, 3.8) is 0 Å². The number of thiophene rings is 1. The first-order chi connectivity index (χ1) is 12.8. The van der Waals surface area contributed by atoms with E-state index in [1.54, 1.807) is 11.3 Å². The molecule has 2 aliphatic rings. The maximum Gasteiger partial charge on any atom is 0.229 e. The highest BCUT2D eigenvalue weighted by Gasteiger charge is 2.23. The SMILES string of the molecule is c1cc2nc(Nc3ccc(C4CNCCO4)cc3)nc(NC3CC3)c2s1. The average Bonchev–Trinajstić information content (AvgIpc) is 3.37. The number of anilines is 3. The highest BCUT2D eigenvalue weighted by molar-refractivity contribution is 7.17. The van der Waals surface area contributed by atoms with Crippen LogP contribution in [-0.4, -0.2) is 35.7 Å². The van der Waals surface area contributed by atoms with E-state index in [1.807, 2.05) is 6.07 Å². The number of fused-ring (bicyclic) bond motifs is 1. The number of ether oxygens (including phenoxy) is 1. The highest BCUT2D eigenvalue weighted by atomic mass is 32.1. The number of hydrogen-bond donors (Lipinski definition) is 3. The number of aromatic nitrogens is 2. The van der Waals surface area contributed by atoms with Crippen LogP contribution in [0, 0.1) is 0 Å². The first-order valence-electron chi connectivity index (χ1n) is 9.06. The van der Waals surface area contributed by atoms with Crippen LogP contribution in [0.5, 0.6) is 0 Å². The Kier molecular flexibility index (Phi) is 4.20. The lowest BCUT2D eigenvalue weighted by atomic mass is 10.1. The van der Waals surface area contributed by atoms with Crippen LogP contribution in [-0.2, 0) is 4.74 Å². The van der Waals surface area contributed by atoms with Crippen molar-refractivity contribution in [2.45, 2.75) is 25.0 Å². The summed E-state index contributed by atoms with van der Waals surface area (Å²) in [5.41, 5.74) is 3.14. The molecule has 1 saturated carbocycles. The zero-order chi connectivity index (χ0) is 17.3. The Morgan fingerprint density at radius 1 is 1.12 bits per heavy atom. The van der Waals surface area contributed by atoms with Gasteiger partial charge in [-0.15, -0.1) is 11.3 Å². The Hall–Kier alpha value is -2.22. The molecule has 26 heavy (non-hydrogen) atoms. The molecule has 134 valence electrons. The van der Waals surface area contributed by atoms with Gasteiger partial charge in [0.1, 0.15) is 5.82 Å². The zero-order valence-electron chi connectivity index (χ0n) is 14.4. The van der Waals surface area contributed by atoms with Crippen molar-refractivity contribution in [2.75, 3.05) is 30.3 Å². The van der Waals surface area contributed by atoms with E-state index in [0.29, 0.717) is 12.0 Å². The van der Waals surface area contributed by atoms with Gasteiger partial charge in [0.05, 0.1) is 22.9 Å². The minimum absolute atomic E-state index is 0.130. The third-order valence-corrected chi connectivity index (χ3v) is 5.60. The fourth-order valence-corrected chi connectivity index (χ4v) is 3.91. The predicted molar refractivity (Wildman–Crippen MR) is 105 cm³/mol. The number of benzene rings is 1. The van der Waals surface area contributed by atoms with Crippen molar-refractivity contribution in [3.05, 3.63) is 41.3 Å². The molecular formula is C19H21N5OS. The molecule has 3 N–H and O–H groups in total. The average molecular weight is 367 g/mol. The highest BCUT2D eigenvalue weighted by Crippen LogP contribution is 2.32. The quantitative estimate of drug-likeness (QED) is 0.639. The molecule has 0 radical (unpaired) electrons. The molecule has 1 unspecified atom stereocenters. The molecule has 2 aromatic heterocycles. The van der Waals surface area contributed by atoms with Gasteiger partial charge in [0.2, 0.25) is 5.95 Å². The topological polar surface area (TPSA) is 71.1 Å². The maximum atomic E-state index is 5.81. The Bertz CT molecular complexity index is 900. The van der Waals surface area contributed by atoms with Crippen LogP contribution in [0.2, 0.25) is 0 Å². The second-order valence-corrected chi connectivity index (χ2v) is 7.68. The molecule has 2 fully saturated rings. The summed E-state index contributed by atoms with van der Waals surface area (Å²) in [6, 6.07) is 10.9. The summed E-state index contributed by atoms with van der Waals surface area (Å²) in [5, 5.41) is 12.3. The molecule has 0 spiro atoms. The van der Waals surface area contributed by atoms with Crippen LogP contribution >= 0.6 is 11.3 Å². The molecule has 0 bridgehead atoms. The maximum absolute atomic E-state index is 5.81. The molecule has 6 nitrogen and oxygen atoms in total. The van der Waals surface area contributed by atoms with E-state index in [9.17, 15) is 0 Å². The van der Waals surface area contributed by atoms with E-state index in [2.05, 4.69) is 50.6 Å². The molecule has 7 heteroatoms. The monoisotopic (exact) mass is 367 g/mol. The zero-order valence-corrected chi connectivity index (χ0v) is 15.2. The molecule has 1 aliphatic carbocycles. The molecular weight excluding hydrogens is 346 g/mol. The number of nitrogens with zero attached hydrogens (tertiary/aromatic N) is 2. The van der Waals surface area contributed by atoms with E-state index in [0.717, 1.165) is 41.4 Å². The minimum Gasteiger partial charge on any atom is -0.371 e. The molecule has 5 rings (SSSR count). The van der Waals surface area contributed by atoms with Crippen molar-refractivity contribution in [2.24, 2.45) is 0 Å². The third-order valence-electron chi connectivity index (χ3n) is 4.69. The molecule has 1 aliphatic heterocycles. The lowest BCUT2D eigenvalue weighted by Crippen LogP contribution is -2.33. The predicted octanol–water partition coefficient (Wildman–Crippen LogP) is 3.67. The van der Waals surface area contributed by atoms with Crippen LogP contribution in [0.3, 0.4) is 0 Å². The van der Waals surface area contributed by atoms with Gasteiger partial charge in [-0.2, -0.15) is 4.98 Å². The minimum atomic E-state index is 0.130. The standard InChI is InChI=1S/C19H21N5OS/c1-3-14(4-2-12(1)16-11-20-8-9-25-16)22-19-23-15-7-10-26-17(15)18(24-19)21-13-5-6-13/h1-4,7,10,13,16,20H,5-6,8-9,11H2,(H2,21,22,23,24). The second kappa shape index (κ2) is 6.83. The van der Waals surface area contributed by atoms with Gasteiger partial charge in [0.25, 0.3) is 0 Å². The molecule has 1 saturated heterocycles. The van der Waals surface area contributed by atoms with Crippen LogP contribution in [0.4, 0.5) is 17.5 Å². The van der Waals surface area contributed by atoms with Gasteiger partial charge in [-0.25, -0.2) is 4.98 Å². The van der Waals surface area contributed by atoms with Gasteiger partial charge < -0.3 is 20.7 Å². The van der Waals surface area contributed by atoms with Crippen LogP contribution in [0.1, 0.15) is 24.5 Å². The normalized spacial score (nSPS) is 20.2. The van der Waals surface area contributed by atoms with Crippen molar-refractivity contribution < 1.29 is 4.74 Å². The van der Waals surface area contributed by atoms with Gasteiger partial charge in [-0.05, 0) is 42.0 Å². The van der Waals surface area contributed by atoms with Crippen molar-refractivity contribution in [1.29, 1.82) is 0 Å². The lowest BCUT2D eigenvalue weighted by Gasteiger charge is -2.24. The largest absolute Gasteiger partial charge is 0.371 e. The summed E-state index contributed by atoms with van der Waals surface area (Å²) < 4.78 is 6.93. The van der Waals surface area contributed by atoms with E-state index in [4.69, 9.17) is 9.72 Å². The molecule has 3 heterocycles. The van der Waals surface area contributed by atoms with Gasteiger partial charge in [0.15, 0.2) is 0 Å². The molecule has 1 aromatic carbocycles. The van der Waals surface area contributed by atoms with E-state index < -0.39 is 0 Å². The van der Waals surface area contributed by atoms with E-state index >= 15 is 0 Å². The summed E-state index contributed by atoms with van der Waals surface area (Å²) in [7, 11) is 0. The number of hydrogen-bond acceptors (Lipinski definition) is 7. The fraction of sp³-hybridized carbons (Fsp3) is 0.368. The summed E-state index contributed by atoms with van der Waals surface area (Å²) in [4.78, 5) is 9.35. The first-order valence-corrected chi connectivity index (χ1v) is 9.94. The third kappa shape index (κ3) is 3.38. The summed E-state index contributed by atoms with van der Waals surface area (Å²) in [6.07, 6.45) is 2.57. The Balaban J connectivity index is 1.36. The Labute approximate surface area is 156 Å². The van der Waals surface area contributed by atoms with Crippen molar-refractivity contribution >= 4 is 39.0 Å². The van der Waals surface area contributed by atoms with Crippen molar-refractivity contribution in [3.8, 4) is 0 Å². The second-order valence-electron chi connectivity index (χ2n) is 6.76. The van der Waals surface area contributed by atoms with Gasteiger partial charge in [0, 0.05) is 24.8 Å². The first kappa shape index (κ1) is 16.0. The number of nitrogens with one attached hydrogen (secondary N) is 3. The summed E-state index contributed by atoms with van der Waals surface area (Å²) in [5.74, 6) is 1.57. The van der Waals surface area contributed by atoms with Gasteiger partial charge >= 0.3 is 0 Å². The van der Waals surface area contributed by atoms with E-state index in [-0.39, 0.29) is 6.10 Å². The Morgan fingerprint density at radius 3 is 2.77 bits per heavy atom. The van der Waals surface area contributed by atoms with Gasteiger partial charge in [-0.1, -0.05) is 12.1 Å².